The van der Waals surface area contributed by atoms with Crippen LogP contribution >= 0.6 is 0 Å². The second-order valence-electron chi connectivity index (χ2n) is 20.2. The molecule has 1 aliphatic heterocycles. The molecule has 7 aromatic rings. The summed E-state index contributed by atoms with van der Waals surface area (Å²) < 4.78 is 34.8. The molecule has 8 rings (SSSR count). The van der Waals surface area contributed by atoms with Crippen LogP contribution in [-0.4, -0.2) is 16.2 Å². The van der Waals surface area contributed by atoms with E-state index in [2.05, 4.69) is 164 Å². The molecule has 298 valence electrons. The molecular formula is C53H60N4O. The van der Waals surface area contributed by atoms with Crippen LogP contribution in [0.3, 0.4) is 0 Å². The largest absolute Gasteiger partial charge is 0.457 e. The van der Waals surface area contributed by atoms with E-state index < -0.39 is 6.85 Å². The summed E-state index contributed by atoms with van der Waals surface area (Å²) in [6.45, 7) is 24.9. The van der Waals surface area contributed by atoms with E-state index in [1.54, 1.807) is 6.07 Å². The van der Waals surface area contributed by atoms with Crippen LogP contribution in [-0.2, 0) is 21.7 Å². The highest BCUT2D eigenvalue weighted by Crippen LogP contribution is 2.48. The zero-order valence-corrected chi connectivity index (χ0v) is 36.4. The molecule has 0 spiro atoms. The third-order valence-corrected chi connectivity index (χ3v) is 11.6. The highest BCUT2D eigenvalue weighted by atomic mass is 16.5. The molecule has 5 aromatic carbocycles. The summed E-state index contributed by atoms with van der Waals surface area (Å²) in [5.41, 5.74) is 10.5. The Morgan fingerprint density at radius 3 is 1.86 bits per heavy atom. The Bertz CT molecular complexity index is 2770. The number of aromatic nitrogens is 2. The Hall–Kier alpha value is -5.55. The quantitative estimate of drug-likeness (QED) is 0.174. The van der Waals surface area contributed by atoms with Crippen LogP contribution in [0, 0.1) is 6.85 Å². The zero-order valence-electron chi connectivity index (χ0n) is 39.4. The average Bonchev–Trinajstić information content (AvgIpc) is 3.72. The van der Waals surface area contributed by atoms with Gasteiger partial charge < -0.3 is 14.5 Å². The summed E-state index contributed by atoms with van der Waals surface area (Å²) in [6.07, 6.45) is 1.91. The Morgan fingerprint density at radius 2 is 1.19 bits per heavy atom. The van der Waals surface area contributed by atoms with Crippen molar-refractivity contribution in [1.82, 2.24) is 9.55 Å². The maximum absolute atomic E-state index is 8.61. The van der Waals surface area contributed by atoms with Crippen LogP contribution in [0.25, 0.3) is 27.6 Å². The summed E-state index contributed by atoms with van der Waals surface area (Å²) in [5.74, 6) is 2.25. The number of fused-ring (bicyclic) bond motifs is 4. The van der Waals surface area contributed by atoms with E-state index in [9.17, 15) is 0 Å². The first-order valence-corrected chi connectivity index (χ1v) is 20.6. The van der Waals surface area contributed by atoms with E-state index in [1.165, 1.54) is 27.6 Å². The molecule has 0 radical (unpaired) electrons. The van der Waals surface area contributed by atoms with Crippen LogP contribution in [0.1, 0.15) is 115 Å². The van der Waals surface area contributed by atoms with E-state index in [0.717, 1.165) is 39.3 Å². The molecule has 0 aliphatic carbocycles. The van der Waals surface area contributed by atoms with Crippen molar-refractivity contribution in [3.8, 4) is 17.3 Å². The van der Waals surface area contributed by atoms with Crippen molar-refractivity contribution < 1.29 is 8.85 Å². The fraction of sp³-hybridized carbons (Fsp3) is 0.340. The first-order chi connectivity index (χ1) is 28.4. The lowest BCUT2D eigenvalue weighted by molar-refractivity contribution is 0.483. The summed E-state index contributed by atoms with van der Waals surface area (Å²) >= 11 is 0. The van der Waals surface area contributed by atoms with Crippen LogP contribution in [0.15, 0.2) is 115 Å². The van der Waals surface area contributed by atoms with Gasteiger partial charge in [-0.15, -0.1) is 0 Å². The lowest BCUT2D eigenvalue weighted by atomic mass is 9.80. The first-order valence-electron chi connectivity index (χ1n) is 22.1. The predicted octanol–water partition coefficient (Wildman–Crippen LogP) is 14.7. The smallest absolute Gasteiger partial charge is 0.137 e. The number of hydrogen-bond acceptors (Lipinski definition) is 4. The second kappa shape index (κ2) is 13.8. The SMILES string of the molecule is [2H]C([2H])([2H])c1cccc2c1N(c1cc(C(C)(C)C)cc(C(C)(C)C)c1)CN2c1cccc(Oc2ccc3c4cc(C(C)(C)C)ccc4n(-c4cc(C(C)(C)C)ccn4)c3c2)c1. The number of pyridine rings is 1. The lowest BCUT2D eigenvalue weighted by Gasteiger charge is -2.29. The number of ether oxygens (including phenoxy) is 1. The van der Waals surface area contributed by atoms with Gasteiger partial charge in [-0.05, 0) is 123 Å². The summed E-state index contributed by atoms with van der Waals surface area (Å²) in [6, 6.07) is 37.9. The van der Waals surface area contributed by atoms with E-state index >= 15 is 0 Å². The van der Waals surface area contributed by atoms with Crippen molar-refractivity contribution in [2.45, 2.75) is 112 Å². The molecule has 58 heavy (non-hydrogen) atoms. The highest BCUT2D eigenvalue weighted by Gasteiger charge is 2.32. The standard InChI is InChI=1S/C53H60N4O/c1-34-16-14-19-46-49(34)56(40-27-37(52(8,9)10)26-38(28-40)53(11,12)13)33-55(46)39-17-15-18-41(31-39)58-42-21-22-43-44-29-35(50(2,3)4)20-23-45(44)57(47(43)32-42)48-30-36(24-25-54-48)51(5,6)7/h14-32H,33H2,1-13H3/i1D3. The van der Waals surface area contributed by atoms with Crippen LogP contribution < -0.4 is 14.5 Å². The Labute approximate surface area is 350 Å². The van der Waals surface area contributed by atoms with Gasteiger partial charge in [-0.3, -0.25) is 4.57 Å². The number of anilines is 4. The third-order valence-electron chi connectivity index (χ3n) is 11.6. The number of hydrogen-bond donors (Lipinski definition) is 0. The van der Waals surface area contributed by atoms with Crippen LogP contribution in [0.5, 0.6) is 11.5 Å². The van der Waals surface area contributed by atoms with Gasteiger partial charge in [0, 0.05) is 44.6 Å². The van der Waals surface area contributed by atoms with Gasteiger partial charge in [0.25, 0.3) is 0 Å². The van der Waals surface area contributed by atoms with E-state index in [0.29, 0.717) is 29.4 Å². The fourth-order valence-electron chi connectivity index (χ4n) is 8.02. The average molecular weight is 772 g/mol. The van der Waals surface area contributed by atoms with Crippen molar-refractivity contribution >= 4 is 44.6 Å². The minimum atomic E-state index is -2.31. The predicted molar refractivity (Wildman–Crippen MR) is 247 cm³/mol. The number of benzene rings is 5. The van der Waals surface area contributed by atoms with Crippen molar-refractivity contribution in [2.24, 2.45) is 0 Å². The minimum absolute atomic E-state index is 0.00584. The van der Waals surface area contributed by atoms with Crippen LogP contribution in [0.4, 0.5) is 22.7 Å². The third kappa shape index (κ3) is 7.25. The van der Waals surface area contributed by atoms with E-state index in [4.69, 9.17) is 13.8 Å². The van der Waals surface area contributed by atoms with E-state index in [1.807, 2.05) is 42.6 Å². The van der Waals surface area contributed by atoms with Crippen molar-refractivity contribution in [3.05, 3.63) is 143 Å². The molecule has 3 heterocycles. The molecule has 2 aromatic heterocycles. The van der Waals surface area contributed by atoms with Crippen molar-refractivity contribution in [2.75, 3.05) is 16.5 Å². The number of nitrogens with zero attached hydrogens (tertiary/aromatic N) is 4. The number of para-hydroxylation sites is 1. The van der Waals surface area contributed by atoms with Gasteiger partial charge in [0.1, 0.15) is 24.0 Å². The molecule has 0 saturated carbocycles. The second-order valence-corrected chi connectivity index (χ2v) is 20.2. The molecule has 0 atom stereocenters. The van der Waals surface area contributed by atoms with Gasteiger partial charge in [-0.1, -0.05) is 113 Å². The molecule has 1 aliphatic rings. The Balaban J connectivity index is 1.22. The maximum Gasteiger partial charge on any atom is 0.137 e. The number of aryl methyl sites for hydroxylation is 1. The molecule has 0 N–H and O–H groups in total. The Morgan fingerprint density at radius 1 is 0.534 bits per heavy atom. The van der Waals surface area contributed by atoms with Gasteiger partial charge in [-0.25, -0.2) is 4.98 Å². The molecule has 5 nitrogen and oxygen atoms in total. The summed E-state index contributed by atoms with van der Waals surface area (Å²) in [5, 5.41) is 2.31. The molecule has 0 bridgehead atoms. The van der Waals surface area contributed by atoms with Gasteiger partial charge in [0.05, 0.1) is 22.4 Å². The molecule has 5 heteroatoms. The maximum atomic E-state index is 8.61. The van der Waals surface area contributed by atoms with Gasteiger partial charge in [0.2, 0.25) is 0 Å². The van der Waals surface area contributed by atoms with Gasteiger partial charge in [-0.2, -0.15) is 0 Å². The van der Waals surface area contributed by atoms with E-state index in [-0.39, 0.29) is 21.7 Å². The zero-order chi connectivity index (χ0) is 44.0. The fourth-order valence-corrected chi connectivity index (χ4v) is 8.02. The number of rotatable bonds is 5. The van der Waals surface area contributed by atoms with Gasteiger partial charge in [0.15, 0.2) is 0 Å². The minimum Gasteiger partial charge on any atom is -0.457 e. The normalized spacial score (nSPS) is 14.8. The Kier molecular flexibility index (Phi) is 8.46. The summed E-state index contributed by atoms with van der Waals surface area (Å²) in [4.78, 5) is 9.28. The highest BCUT2D eigenvalue weighted by molar-refractivity contribution is 6.09. The molecule has 0 saturated heterocycles. The molecular weight excluding hydrogens is 709 g/mol. The van der Waals surface area contributed by atoms with Gasteiger partial charge >= 0.3 is 0 Å². The molecule has 0 fully saturated rings. The lowest BCUT2D eigenvalue weighted by Crippen LogP contribution is -2.25. The monoisotopic (exact) mass is 771 g/mol. The summed E-state index contributed by atoms with van der Waals surface area (Å²) in [7, 11) is 0. The topological polar surface area (TPSA) is 33.5 Å². The van der Waals surface area contributed by atoms with Crippen LogP contribution in [0.2, 0.25) is 0 Å². The van der Waals surface area contributed by atoms with Crippen molar-refractivity contribution in [1.29, 1.82) is 0 Å². The first kappa shape index (κ1) is 35.6. The van der Waals surface area contributed by atoms with Crippen molar-refractivity contribution in [3.63, 3.8) is 0 Å². The molecule has 0 unspecified atom stereocenters. The molecule has 0 amide bonds.